The lowest BCUT2D eigenvalue weighted by molar-refractivity contribution is 0.669. The van der Waals surface area contributed by atoms with E-state index in [0.717, 1.165) is 23.8 Å². The molecule has 3 heterocycles. The summed E-state index contributed by atoms with van der Waals surface area (Å²) >= 11 is 3.48. The maximum Gasteiger partial charge on any atom is 0.182 e. The molecule has 0 saturated heterocycles. The van der Waals surface area contributed by atoms with Crippen LogP contribution in [0.25, 0.3) is 11.3 Å². The van der Waals surface area contributed by atoms with Crippen molar-refractivity contribution in [2.75, 3.05) is 12.4 Å². The van der Waals surface area contributed by atoms with E-state index >= 15 is 0 Å². The number of thiophene rings is 1. The van der Waals surface area contributed by atoms with E-state index in [2.05, 4.69) is 57.7 Å². The van der Waals surface area contributed by atoms with E-state index in [1.165, 1.54) is 21.8 Å². The van der Waals surface area contributed by atoms with Crippen molar-refractivity contribution in [3.8, 4) is 11.3 Å². The number of nitrogens with one attached hydrogen (secondary N) is 1. The van der Waals surface area contributed by atoms with Gasteiger partial charge >= 0.3 is 0 Å². The Balaban J connectivity index is 1.85. The van der Waals surface area contributed by atoms with Crippen molar-refractivity contribution in [1.29, 1.82) is 0 Å². The molecule has 3 aromatic heterocycles. The van der Waals surface area contributed by atoms with Gasteiger partial charge < -0.3 is 9.88 Å². The van der Waals surface area contributed by atoms with E-state index < -0.39 is 0 Å². The molecule has 3 rings (SSSR count). The third-order valence-electron chi connectivity index (χ3n) is 3.73. The van der Waals surface area contributed by atoms with Crippen molar-refractivity contribution >= 4 is 27.8 Å². The predicted molar refractivity (Wildman–Crippen MR) is 92.6 cm³/mol. The quantitative estimate of drug-likeness (QED) is 0.747. The van der Waals surface area contributed by atoms with Crippen LogP contribution in [-0.2, 0) is 13.0 Å². The monoisotopic (exact) mass is 317 g/mol. The molecule has 0 aliphatic rings. The summed E-state index contributed by atoms with van der Waals surface area (Å²) in [5, 5.41) is 8.34. The summed E-state index contributed by atoms with van der Waals surface area (Å²) in [6, 6.07) is 6.58. The molecular weight excluding hydrogens is 298 g/mol. The zero-order valence-electron chi connectivity index (χ0n) is 12.5. The maximum absolute atomic E-state index is 4.62. The Bertz CT molecular complexity index is 723. The molecule has 0 fully saturated rings. The Kier molecular flexibility index (Phi) is 4.12. The average molecular weight is 317 g/mol. The highest BCUT2D eigenvalue weighted by Gasteiger charge is 2.13. The fourth-order valence-electron chi connectivity index (χ4n) is 2.59. The van der Waals surface area contributed by atoms with Crippen molar-refractivity contribution < 1.29 is 0 Å². The van der Waals surface area contributed by atoms with Gasteiger partial charge in [-0.2, -0.15) is 0 Å². The minimum absolute atomic E-state index is 0.966. The molecular formula is C16H19N3S2. The number of rotatable bonds is 5. The predicted octanol–water partition coefficient (Wildman–Crippen LogP) is 4.57. The van der Waals surface area contributed by atoms with Crippen molar-refractivity contribution in [1.82, 2.24) is 9.55 Å². The summed E-state index contributed by atoms with van der Waals surface area (Å²) in [6.07, 6.45) is 1.09. The summed E-state index contributed by atoms with van der Waals surface area (Å²) in [7, 11) is 1.91. The van der Waals surface area contributed by atoms with E-state index in [0.29, 0.717) is 0 Å². The lowest BCUT2D eigenvalue weighted by Gasteiger charge is -2.08. The molecule has 0 radical (unpaired) electrons. The normalized spacial score (nSPS) is 11.0. The molecule has 1 N–H and O–H groups in total. The van der Waals surface area contributed by atoms with Crippen molar-refractivity contribution in [3.05, 3.63) is 45.2 Å². The van der Waals surface area contributed by atoms with E-state index in [-0.39, 0.29) is 0 Å². The zero-order chi connectivity index (χ0) is 14.8. The first kappa shape index (κ1) is 14.4. The van der Waals surface area contributed by atoms with Crippen LogP contribution in [0.3, 0.4) is 0 Å². The standard InChI is InChI=1S/C16H19N3S2/c1-11-9-14(15-10-21-16(17-3)18-15)12(2)19(11)7-6-13-5-4-8-20-13/h4-5,8-10H,6-7H2,1-3H3,(H,17,18). The van der Waals surface area contributed by atoms with Gasteiger partial charge in [0.25, 0.3) is 0 Å². The first-order valence-corrected chi connectivity index (χ1v) is 8.77. The fraction of sp³-hybridized carbons (Fsp3) is 0.312. The van der Waals surface area contributed by atoms with E-state index in [1.54, 1.807) is 11.3 Å². The van der Waals surface area contributed by atoms with Gasteiger partial charge in [-0.1, -0.05) is 6.07 Å². The fourth-order valence-corrected chi connectivity index (χ4v) is 3.96. The highest BCUT2D eigenvalue weighted by Crippen LogP contribution is 2.30. The molecule has 0 aromatic carbocycles. The summed E-state index contributed by atoms with van der Waals surface area (Å²) in [6.45, 7) is 5.40. The van der Waals surface area contributed by atoms with Gasteiger partial charge in [-0.05, 0) is 37.8 Å². The topological polar surface area (TPSA) is 29.9 Å². The second kappa shape index (κ2) is 6.03. The number of anilines is 1. The van der Waals surface area contributed by atoms with Crippen LogP contribution < -0.4 is 5.32 Å². The smallest absolute Gasteiger partial charge is 0.182 e. The van der Waals surface area contributed by atoms with Crippen LogP contribution in [0.4, 0.5) is 5.13 Å². The molecule has 0 aliphatic heterocycles. The van der Waals surface area contributed by atoms with Gasteiger partial charge in [0.15, 0.2) is 5.13 Å². The summed E-state index contributed by atoms with van der Waals surface area (Å²) < 4.78 is 2.40. The average Bonchev–Trinajstić information content (AvgIpc) is 3.19. The molecule has 110 valence electrons. The first-order valence-electron chi connectivity index (χ1n) is 7.02. The highest BCUT2D eigenvalue weighted by atomic mass is 32.1. The second-order valence-electron chi connectivity index (χ2n) is 5.05. The second-order valence-corrected chi connectivity index (χ2v) is 6.94. The SMILES string of the molecule is CNc1nc(-c2cc(C)n(CCc3cccs3)c2C)cs1. The lowest BCUT2D eigenvalue weighted by atomic mass is 10.2. The summed E-state index contributed by atoms with van der Waals surface area (Å²) in [5.74, 6) is 0. The number of thiazole rings is 1. The Hall–Kier alpha value is -1.59. The molecule has 0 unspecified atom stereocenters. The molecule has 0 bridgehead atoms. The molecule has 0 atom stereocenters. The van der Waals surface area contributed by atoms with Crippen LogP contribution in [0.2, 0.25) is 0 Å². The molecule has 3 nitrogen and oxygen atoms in total. The maximum atomic E-state index is 4.62. The van der Waals surface area contributed by atoms with Crippen molar-refractivity contribution in [2.24, 2.45) is 0 Å². The summed E-state index contributed by atoms with van der Waals surface area (Å²) in [4.78, 5) is 6.06. The number of hydrogen-bond donors (Lipinski definition) is 1. The van der Waals surface area contributed by atoms with Crippen molar-refractivity contribution in [2.45, 2.75) is 26.8 Å². The van der Waals surface area contributed by atoms with Gasteiger partial charge in [-0.3, -0.25) is 0 Å². The Labute approximate surface area is 133 Å². The van der Waals surface area contributed by atoms with Crippen LogP contribution in [0.15, 0.2) is 29.0 Å². The molecule has 3 aromatic rings. The van der Waals surface area contributed by atoms with Crippen LogP contribution >= 0.6 is 22.7 Å². The number of nitrogens with zero attached hydrogens (tertiary/aromatic N) is 2. The third-order valence-corrected chi connectivity index (χ3v) is 5.53. The summed E-state index contributed by atoms with van der Waals surface area (Å²) in [5.41, 5.74) is 4.92. The van der Waals surface area contributed by atoms with Crippen LogP contribution in [-0.4, -0.2) is 16.6 Å². The van der Waals surface area contributed by atoms with Crippen molar-refractivity contribution in [3.63, 3.8) is 0 Å². The number of aryl methyl sites for hydroxylation is 2. The van der Waals surface area contributed by atoms with Crippen LogP contribution in [0, 0.1) is 13.8 Å². The molecule has 0 aliphatic carbocycles. The third kappa shape index (κ3) is 2.89. The van der Waals surface area contributed by atoms with E-state index in [1.807, 2.05) is 18.4 Å². The Morgan fingerprint density at radius 2 is 2.14 bits per heavy atom. The van der Waals surface area contributed by atoms with Gasteiger partial charge in [0.1, 0.15) is 0 Å². The van der Waals surface area contributed by atoms with Crippen LogP contribution in [0.5, 0.6) is 0 Å². The molecule has 5 heteroatoms. The van der Waals surface area contributed by atoms with E-state index in [4.69, 9.17) is 0 Å². The molecule has 0 spiro atoms. The van der Waals surface area contributed by atoms with E-state index in [9.17, 15) is 0 Å². The van der Waals surface area contributed by atoms with Gasteiger partial charge in [0, 0.05) is 40.8 Å². The minimum Gasteiger partial charge on any atom is -0.365 e. The van der Waals surface area contributed by atoms with Gasteiger partial charge in [0.2, 0.25) is 0 Å². The van der Waals surface area contributed by atoms with Crippen LogP contribution in [0.1, 0.15) is 16.3 Å². The lowest BCUT2D eigenvalue weighted by Crippen LogP contribution is -2.04. The first-order chi connectivity index (χ1) is 10.2. The number of hydrogen-bond acceptors (Lipinski definition) is 4. The minimum atomic E-state index is 0.966. The molecule has 0 saturated carbocycles. The Morgan fingerprint density at radius 1 is 1.29 bits per heavy atom. The van der Waals surface area contributed by atoms with Gasteiger partial charge in [0.05, 0.1) is 5.69 Å². The zero-order valence-corrected chi connectivity index (χ0v) is 14.1. The molecule has 0 amide bonds. The number of aromatic nitrogens is 2. The molecule has 21 heavy (non-hydrogen) atoms. The largest absolute Gasteiger partial charge is 0.365 e. The van der Waals surface area contributed by atoms with Gasteiger partial charge in [-0.15, -0.1) is 22.7 Å². The highest BCUT2D eigenvalue weighted by molar-refractivity contribution is 7.14. The van der Waals surface area contributed by atoms with Gasteiger partial charge in [-0.25, -0.2) is 4.98 Å². The Morgan fingerprint density at radius 3 is 2.81 bits per heavy atom.